The van der Waals surface area contributed by atoms with E-state index < -0.39 is 23.9 Å². The fourth-order valence-electron chi connectivity index (χ4n) is 2.39. The minimum atomic E-state index is -0.720. The summed E-state index contributed by atoms with van der Waals surface area (Å²) >= 11 is 0. The highest BCUT2D eigenvalue weighted by Gasteiger charge is 2.15. The van der Waals surface area contributed by atoms with Crippen LogP contribution in [0.25, 0.3) is 0 Å². The van der Waals surface area contributed by atoms with Crippen molar-refractivity contribution in [2.75, 3.05) is 19.0 Å². The van der Waals surface area contributed by atoms with Gasteiger partial charge in [-0.1, -0.05) is 0 Å². The van der Waals surface area contributed by atoms with Crippen LogP contribution in [0.2, 0.25) is 0 Å². The van der Waals surface area contributed by atoms with Crippen LogP contribution in [0, 0.1) is 0 Å². The van der Waals surface area contributed by atoms with Gasteiger partial charge in [-0.05, 0) is 67.9 Å². The molecule has 2 rings (SSSR count). The van der Waals surface area contributed by atoms with Crippen LogP contribution < -0.4 is 20.2 Å². The standard InChI is InChI=1S/C22H25N3O6/c1-4-30-22(28)15(2)31-19-9-5-16(6-10-19)14-23-25-21(27)13-20(26)24-17-7-11-18(29-3)12-8-17/h5-12,14-15H,4,13H2,1-3H3,(H,24,26)(H,25,27). The lowest BCUT2D eigenvalue weighted by Crippen LogP contribution is -2.26. The van der Waals surface area contributed by atoms with Crippen LogP contribution in [0.3, 0.4) is 0 Å². The number of anilines is 1. The number of methoxy groups -OCH3 is 1. The number of esters is 1. The van der Waals surface area contributed by atoms with Crippen LogP contribution in [-0.2, 0) is 19.1 Å². The molecule has 2 amide bonds. The Morgan fingerprint density at radius 2 is 1.65 bits per heavy atom. The molecule has 0 saturated carbocycles. The highest BCUT2D eigenvalue weighted by molar-refractivity contribution is 6.03. The second-order valence-corrected chi connectivity index (χ2v) is 6.33. The number of hydrogen-bond donors (Lipinski definition) is 2. The van der Waals surface area contributed by atoms with Gasteiger partial charge in [0.2, 0.25) is 11.8 Å². The van der Waals surface area contributed by atoms with E-state index in [1.165, 1.54) is 6.21 Å². The van der Waals surface area contributed by atoms with Crippen molar-refractivity contribution >= 4 is 29.7 Å². The Kier molecular flexibility index (Phi) is 9.03. The molecule has 0 heterocycles. The minimum Gasteiger partial charge on any atom is -0.497 e. The Morgan fingerprint density at radius 1 is 1.00 bits per heavy atom. The highest BCUT2D eigenvalue weighted by Crippen LogP contribution is 2.15. The van der Waals surface area contributed by atoms with Gasteiger partial charge in [0.25, 0.3) is 0 Å². The van der Waals surface area contributed by atoms with Crippen LogP contribution >= 0.6 is 0 Å². The van der Waals surface area contributed by atoms with Crippen molar-refractivity contribution in [3.63, 3.8) is 0 Å². The maximum atomic E-state index is 11.9. The zero-order valence-electron chi connectivity index (χ0n) is 17.6. The predicted octanol–water partition coefficient (Wildman–Crippen LogP) is 2.50. The number of nitrogens with zero attached hydrogens (tertiary/aromatic N) is 1. The summed E-state index contributed by atoms with van der Waals surface area (Å²) in [6.45, 7) is 3.62. The summed E-state index contributed by atoms with van der Waals surface area (Å²) in [5, 5.41) is 6.45. The van der Waals surface area contributed by atoms with Gasteiger partial charge in [0, 0.05) is 5.69 Å². The molecule has 0 aliphatic rings. The molecule has 0 fully saturated rings. The Bertz CT molecular complexity index is 910. The molecule has 2 N–H and O–H groups in total. The van der Waals surface area contributed by atoms with E-state index in [1.54, 1.807) is 69.5 Å². The van der Waals surface area contributed by atoms with Gasteiger partial charge in [0.1, 0.15) is 17.9 Å². The largest absolute Gasteiger partial charge is 0.497 e. The second kappa shape index (κ2) is 12.0. The number of hydrazone groups is 1. The second-order valence-electron chi connectivity index (χ2n) is 6.33. The molecule has 31 heavy (non-hydrogen) atoms. The fourth-order valence-corrected chi connectivity index (χ4v) is 2.39. The predicted molar refractivity (Wildman–Crippen MR) is 115 cm³/mol. The molecule has 0 aliphatic heterocycles. The minimum absolute atomic E-state index is 0.288. The average Bonchev–Trinajstić information content (AvgIpc) is 2.75. The Morgan fingerprint density at radius 3 is 2.26 bits per heavy atom. The summed E-state index contributed by atoms with van der Waals surface area (Å²) < 4.78 is 15.4. The molecular formula is C22H25N3O6. The molecule has 0 saturated heterocycles. The Hall–Kier alpha value is -3.88. The van der Waals surface area contributed by atoms with Crippen molar-refractivity contribution in [2.45, 2.75) is 26.4 Å². The molecule has 164 valence electrons. The number of ether oxygens (including phenoxy) is 3. The van der Waals surface area contributed by atoms with Crippen LogP contribution in [0.4, 0.5) is 5.69 Å². The van der Waals surface area contributed by atoms with Gasteiger partial charge >= 0.3 is 5.97 Å². The van der Waals surface area contributed by atoms with E-state index >= 15 is 0 Å². The summed E-state index contributed by atoms with van der Waals surface area (Å²) in [5.74, 6) is -0.289. The number of benzene rings is 2. The van der Waals surface area contributed by atoms with Gasteiger partial charge in [-0.2, -0.15) is 5.10 Å². The van der Waals surface area contributed by atoms with Crippen molar-refractivity contribution in [1.29, 1.82) is 0 Å². The first-order chi connectivity index (χ1) is 14.9. The molecule has 0 aromatic heterocycles. The first-order valence-electron chi connectivity index (χ1n) is 9.60. The number of carbonyl (C=O) groups excluding carboxylic acids is 3. The van der Waals surface area contributed by atoms with Crippen molar-refractivity contribution < 1.29 is 28.6 Å². The molecule has 0 bridgehead atoms. The van der Waals surface area contributed by atoms with E-state index in [9.17, 15) is 14.4 Å². The lowest BCUT2D eigenvalue weighted by molar-refractivity contribution is -0.150. The Labute approximate surface area is 180 Å². The van der Waals surface area contributed by atoms with Crippen LogP contribution in [0.15, 0.2) is 53.6 Å². The SMILES string of the molecule is CCOC(=O)C(C)Oc1ccc(C=NNC(=O)CC(=O)Nc2ccc(OC)cc2)cc1. The summed E-state index contributed by atoms with van der Waals surface area (Å²) in [6.07, 6.45) is 0.336. The average molecular weight is 427 g/mol. The number of rotatable bonds is 10. The molecule has 9 heteroatoms. The van der Waals surface area contributed by atoms with E-state index in [2.05, 4.69) is 15.8 Å². The third kappa shape index (κ3) is 8.17. The Balaban J connectivity index is 1.77. The molecule has 1 unspecified atom stereocenters. The normalized spacial score (nSPS) is 11.5. The third-order valence-corrected chi connectivity index (χ3v) is 3.91. The number of amides is 2. The van der Waals surface area contributed by atoms with Crippen molar-refractivity contribution in [3.8, 4) is 11.5 Å². The molecule has 0 radical (unpaired) electrons. The zero-order valence-corrected chi connectivity index (χ0v) is 17.6. The van der Waals surface area contributed by atoms with Gasteiger partial charge in [-0.15, -0.1) is 0 Å². The van der Waals surface area contributed by atoms with E-state index in [0.29, 0.717) is 22.7 Å². The van der Waals surface area contributed by atoms with Gasteiger partial charge in [-0.25, -0.2) is 10.2 Å². The summed E-state index contributed by atoms with van der Waals surface area (Å²) in [7, 11) is 1.55. The van der Waals surface area contributed by atoms with E-state index in [0.717, 1.165) is 0 Å². The van der Waals surface area contributed by atoms with Crippen molar-refractivity contribution in [3.05, 3.63) is 54.1 Å². The third-order valence-electron chi connectivity index (χ3n) is 3.91. The lowest BCUT2D eigenvalue weighted by atomic mass is 10.2. The molecule has 2 aromatic rings. The highest BCUT2D eigenvalue weighted by atomic mass is 16.6. The van der Waals surface area contributed by atoms with Gasteiger partial charge < -0.3 is 19.5 Å². The topological polar surface area (TPSA) is 115 Å². The van der Waals surface area contributed by atoms with E-state index in [-0.39, 0.29) is 13.0 Å². The molecule has 0 spiro atoms. The zero-order chi connectivity index (χ0) is 22.6. The monoisotopic (exact) mass is 427 g/mol. The van der Waals surface area contributed by atoms with Gasteiger partial charge in [-0.3, -0.25) is 9.59 Å². The summed E-state index contributed by atoms with van der Waals surface area (Å²) in [5.41, 5.74) is 3.55. The fraction of sp³-hybridized carbons (Fsp3) is 0.273. The van der Waals surface area contributed by atoms with Crippen LogP contribution in [0.1, 0.15) is 25.8 Å². The molecule has 0 aliphatic carbocycles. The first-order valence-corrected chi connectivity index (χ1v) is 9.60. The number of carbonyl (C=O) groups is 3. The van der Waals surface area contributed by atoms with E-state index in [1.807, 2.05) is 0 Å². The van der Waals surface area contributed by atoms with E-state index in [4.69, 9.17) is 14.2 Å². The van der Waals surface area contributed by atoms with Crippen LogP contribution in [-0.4, -0.2) is 43.8 Å². The molecule has 9 nitrogen and oxygen atoms in total. The maximum absolute atomic E-state index is 11.9. The summed E-state index contributed by atoms with van der Waals surface area (Å²) in [4.78, 5) is 35.4. The molecule has 1 atom stereocenters. The molecular weight excluding hydrogens is 402 g/mol. The summed E-state index contributed by atoms with van der Waals surface area (Å²) in [6, 6.07) is 13.5. The number of hydrogen-bond acceptors (Lipinski definition) is 7. The smallest absolute Gasteiger partial charge is 0.347 e. The van der Waals surface area contributed by atoms with Gasteiger partial charge in [0.05, 0.1) is 19.9 Å². The molecule has 2 aromatic carbocycles. The van der Waals surface area contributed by atoms with Crippen LogP contribution in [0.5, 0.6) is 11.5 Å². The number of nitrogens with one attached hydrogen (secondary N) is 2. The lowest BCUT2D eigenvalue weighted by Gasteiger charge is -2.13. The van der Waals surface area contributed by atoms with Gasteiger partial charge in [0.15, 0.2) is 6.10 Å². The quantitative estimate of drug-likeness (QED) is 0.261. The van der Waals surface area contributed by atoms with Crippen molar-refractivity contribution in [2.24, 2.45) is 5.10 Å². The maximum Gasteiger partial charge on any atom is 0.347 e. The first kappa shape index (κ1) is 23.4. The van der Waals surface area contributed by atoms with Crippen molar-refractivity contribution in [1.82, 2.24) is 5.43 Å².